The molecule has 2 aromatic rings. The third-order valence-corrected chi connectivity index (χ3v) is 6.95. The van der Waals surface area contributed by atoms with Crippen molar-refractivity contribution in [1.82, 2.24) is 15.5 Å². The summed E-state index contributed by atoms with van der Waals surface area (Å²) in [6, 6.07) is 6.71. The molecule has 0 spiro atoms. The lowest BCUT2D eigenvalue weighted by Gasteiger charge is -2.23. The number of halogens is 1. The third kappa shape index (κ3) is 6.25. The summed E-state index contributed by atoms with van der Waals surface area (Å²) in [7, 11) is 0. The van der Waals surface area contributed by atoms with Crippen LogP contribution in [0.3, 0.4) is 0 Å². The Labute approximate surface area is 186 Å². The number of nitrogens with zero attached hydrogens (tertiary/aromatic N) is 2. The lowest BCUT2D eigenvalue weighted by molar-refractivity contribution is -0.127. The fourth-order valence-electron chi connectivity index (χ4n) is 3.75. The van der Waals surface area contributed by atoms with Crippen LogP contribution in [0.4, 0.5) is 5.13 Å². The number of nitrogens with one attached hydrogen (secondary N) is 2. The van der Waals surface area contributed by atoms with Crippen LogP contribution in [-0.4, -0.2) is 28.1 Å². The molecule has 162 valence electrons. The number of hydrogen-bond acceptors (Lipinski definition) is 5. The molecule has 2 amide bonds. The average Bonchev–Trinajstić information content (AvgIpc) is 3.42. The first-order valence-electron chi connectivity index (χ1n) is 10.7. The lowest BCUT2D eigenvalue weighted by atomic mass is 9.97. The van der Waals surface area contributed by atoms with Gasteiger partial charge in [0.15, 0.2) is 0 Å². The van der Waals surface area contributed by atoms with Gasteiger partial charge in [-0.2, -0.15) is 0 Å². The van der Waals surface area contributed by atoms with Crippen LogP contribution in [0, 0.1) is 11.8 Å². The predicted molar refractivity (Wildman–Crippen MR) is 122 cm³/mol. The first kappa shape index (κ1) is 22.7. The highest BCUT2D eigenvalue weighted by molar-refractivity contribution is 7.18. The molecule has 2 N–H and O–H groups in total. The number of anilines is 1. The highest BCUT2D eigenvalue weighted by Gasteiger charge is 2.27. The van der Waals surface area contributed by atoms with Gasteiger partial charge in [0.05, 0.1) is 0 Å². The van der Waals surface area contributed by atoms with Gasteiger partial charge < -0.3 is 5.32 Å². The van der Waals surface area contributed by atoms with Crippen LogP contribution in [-0.2, 0) is 9.59 Å². The predicted octanol–water partition coefficient (Wildman–Crippen LogP) is 5.30. The van der Waals surface area contributed by atoms with Crippen LogP contribution in [0.1, 0.15) is 58.8 Å². The van der Waals surface area contributed by atoms with E-state index in [9.17, 15) is 9.59 Å². The number of amides is 2. The molecule has 0 radical (unpaired) electrons. The zero-order chi connectivity index (χ0) is 21.5. The second-order valence-corrected chi connectivity index (χ2v) is 9.44. The van der Waals surface area contributed by atoms with E-state index in [0.717, 1.165) is 18.4 Å². The number of carbonyl (C=O) groups excluding carboxylic acids is 2. The zero-order valence-electron chi connectivity index (χ0n) is 17.5. The van der Waals surface area contributed by atoms with Crippen LogP contribution in [0.15, 0.2) is 24.3 Å². The van der Waals surface area contributed by atoms with Crippen molar-refractivity contribution in [3.8, 4) is 10.6 Å². The fourth-order valence-corrected chi connectivity index (χ4v) is 4.63. The maximum atomic E-state index is 12.9. The molecule has 1 fully saturated rings. The van der Waals surface area contributed by atoms with E-state index < -0.39 is 6.04 Å². The molecule has 1 aliphatic rings. The summed E-state index contributed by atoms with van der Waals surface area (Å²) < 4.78 is 0. The molecule has 3 rings (SSSR count). The number of aromatic nitrogens is 2. The van der Waals surface area contributed by atoms with E-state index in [1.54, 1.807) is 12.1 Å². The Morgan fingerprint density at radius 1 is 1.20 bits per heavy atom. The van der Waals surface area contributed by atoms with Crippen molar-refractivity contribution in [2.45, 2.75) is 64.8 Å². The van der Waals surface area contributed by atoms with Crippen molar-refractivity contribution in [3.63, 3.8) is 0 Å². The van der Waals surface area contributed by atoms with Crippen LogP contribution in [0.25, 0.3) is 10.6 Å². The minimum atomic E-state index is -0.589. The van der Waals surface area contributed by atoms with Gasteiger partial charge in [-0.05, 0) is 30.4 Å². The first-order valence-corrected chi connectivity index (χ1v) is 11.9. The lowest BCUT2D eigenvalue weighted by Crippen LogP contribution is -2.47. The highest BCUT2D eigenvalue weighted by Crippen LogP contribution is 2.29. The summed E-state index contributed by atoms with van der Waals surface area (Å²) in [4.78, 5) is 25.4. The SMILES string of the molecule is CCC(C)C(NC(=O)CCC1CCCC1)C(=O)Nc1nnc(-c2ccc(Cl)cc2)s1. The summed E-state index contributed by atoms with van der Waals surface area (Å²) in [5.74, 6) is 0.363. The zero-order valence-corrected chi connectivity index (χ0v) is 19.1. The monoisotopic (exact) mass is 448 g/mol. The molecular weight excluding hydrogens is 420 g/mol. The highest BCUT2D eigenvalue weighted by atomic mass is 35.5. The topological polar surface area (TPSA) is 84.0 Å². The van der Waals surface area contributed by atoms with Crippen molar-refractivity contribution in [1.29, 1.82) is 0 Å². The minimum absolute atomic E-state index is 0.0177. The Balaban J connectivity index is 1.59. The Hall–Kier alpha value is -1.99. The molecule has 8 heteroatoms. The van der Waals surface area contributed by atoms with E-state index in [1.807, 2.05) is 26.0 Å². The smallest absolute Gasteiger partial charge is 0.249 e. The molecule has 0 bridgehead atoms. The Morgan fingerprint density at radius 2 is 1.90 bits per heavy atom. The van der Waals surface area contributed by atoms with Crippen molar-refractivity contribution in [2.24, 2.45) is 11.8 Å². The van der Waals surface area contributed by atoms with E-state index in [-0.39, 0.29) is 17.7 Å². The molecule has 1 saturated carbocycles. The molecule has 1 heterocycles. The maximum Gasteiger partial charge on any atom is 0.249 e. The second kappa shape index (κ2) is 10.9. The van der Waals surface area contributed by atoms with Gasteiger partial charge in [-0.15, -0.1) is 10.2 Å². The number of carbonyl (C=O) groups is 2. The van der Waals surface area contributed by atoms with Gasteiger partial charge in [-0.25, -0.2) is 0 Å². The summed E-state index contributed by atoms with van der Waals surface area (Å²) in [5, 5.41) is 15.8. The largest absolute Gasteiger partial charge is 0.344 e. The number of hydrogen-bond donors (Lipinski definition) is 2. The number of benzene rings is 1. The van der Waals surface area contributed by atoms with Crippen LogP contribution >= 0.6 is 22.9 Å². The van der Waals surface area contributed by atoms with E-state index in [0.29, 0.717) is 27.5 Å². The molecule has 1 aromatic heterocycles. The van der Waals surface area contributed by atoms with Gasteiger partial charge in [0.2, 0.25) is 16.9 Å². The average molecular weight is 449 g/mol. The summed E-state index contributed by atoms with van der Waals surface area (Å²) in [6.07, 6.45) is 7.14. The molecule has 2 atom stereocenters. The molecule has 0 saturated heterocycles. The van der Waals surface area contributed by atoms with Crippen LogP contribution in [0.2, 0.25) is 5.02 Å². The minimum Gasteiger partial charge on any atom is -0.344 e. The Kier molecular flexibility index (Phi) is 8.22. The quantitative estimate of drug-likeness (QED) is 0.545. The second-order valence-electron chi connectivity index (χ2n) is 8.03. The molecule has 1 aliphatic carbocycles. The summed E-state index contributed by atoms with van der Waals surface area (Å²) >= 11 is 7.22. The normalized spacial score (nSPS) is 16.2. The van der Waals surface area contributed by atoms with Crippen molar-refractivity contribution in [2.75, 3.05) is 5.32 Å². The van der Waals surface area contributed by atoms with Crippen LogP contribution in [0.5, 0.6) is 0 Å². The van der Waals surface area contributed by atoms with E-state index >= 15 is 0 Å². The van der Waals surface area contributed by atoms with E-state index in [4.69, 9.17) is 11.6 Å². The van der Waals surface area contributed by atoms with Gasteiger partial charge in [-0.3, -0.25) is 14.9 Å². The van der Waals surface area contributed by atoms with Gasteiger partial charge in [0.1, 0.15) is 11.0 Å². The van der Waals surface area contributed by atoms with Gasteiger partial charge in [-0.1, -0.05) is 81.0 Å². The fraction of sp³-hybridized carbons (Fsp3) is 0.545. The van der Waals surface area contributed by atoms with Gasteiger partial charge >= 0.3 is 0 Å². The number of rotatable bonds is 9. The van der Waals surface area contributed by atoms with Gasteiger partial charge in [0.25, 0.3) is 0 Å². The summed E-state index contributed by atoms with van der Waals surface area (Å²) in [5.41, 5.74) is 0.885. The van der Waals surface area contributed by atoms with Crippen molar-refractivity contribution >= 4 is 39.9 Å². The standard InChI is InChI=1S/C22H29ClN4O2S/c1-3-14(2)19(24-18(28)13-8-15-6-4-5-7-15)20(29)25-22-27-26-21(30-22)16-9-11-17(23)12-10-16/h9-12,14-15,19H,3-8,13H2,1-2H3,(H,24,28)(H,25,27,29). The molecule has 6 nitrogen and oxygen atoms in total. The van der Waals surface area contributed by atoms with Crippen molar-refractivity contribution in [3.05, 3.63) is 29.3 Å². The molecule has 0 aliphatic heterocycles. The van der Waals surface area contributed by atoms with Crippen LogP contribution < -0.4 is 10.6 Å². The first-order chi connectivity index (χ1) is 14.5. The Bertz CT molecular complexity index is 849. The maximum absolute atomic E-state index is 12.9. The molecular formula is C22H29ClN4O2S. The molecule has 30 heavy (non-hydrogen) atoms. The Morgan fingerprint density at radius 3 is 2.57 bits per heavy atom. The molecule has 2 unspecified atom stereocenters. The third-order valence-electron chi connectivity index (χ3n) is 5.81. The van der Waals surface area contributed by atoms with E-state index in [1.165, 1.54) is 37.0 Å². The van der Waals surface area contributed by atoms with Gasteiger partial charge in [0, 0.05) is 17.0 Å². The summed E-state index contributed by atoms with van der Waals surface area (Å²) in [6.45, 7) is 3.99. The van der Waals surface area contributed by atoms with Crippen molar-refractivity contribution < 1.29 is 9.59 Å². The molecule has 1 aromatic carbocycles. The van der Waals surface area contributed by atoms with E-state index in [2.05, 4.69) is 20.8 Å².